The summed E-state index contributed by atoms with van der Waals surface area (Å²) in [4.78, 5) is 12.5. The summed E-state index contributed by atoms with van der Waals surface area (Å²) >= 11 is 4.00. The van der Waals surface area contributed by atoms with Gasteiger partial charge in [-0.25, -0.2) is 0 Å². The molecule has 0 unspecified atom stereocenters. The third-order valence-electron chi connectivity index (χ3n) is 5.09. The number of nitrogens with one attached hydrogen (secondary N) is 1. The Bertz CT molecular complexity index is 510. The lowest BCUT2D eigenvalue weighted by Crippen LogP contribution is -2.43. The number of carbonyl (C=O) groups is 1. The number of thioether (sulfide) groups is 2. The summed E-state index contributed by atoms with van der Waals surface area (Å²) in [6.45, 7) is 4.57. The molecule has 2 nitrogen and oxygen atoms in total. The van der Waals surface area contributed by atoms with E-state index in [1.165, 1.54) is 29.9 Å². The van der Waals surface area contributed by atoms with Crippen LogP contribution in [0.4, 0.5) is 0 Å². The highest BCUT2D eigenvalue weighted by atomic mass is 32.2. The maximum absolute atomic E-state index is 12.5. The first-order valence-corrected chi connectivity index (χ1v) is 10.4. The van der Waals surface area contributed by atoms with Gasteiger partial charge >= 0.3 is 0 Å². The van der Waals surface area contributed by atoms with Gasteiger partial charge in [0.05, 0.1) is 4.58 Å². The van der Waals surface area contributed by atoms with E-state index >= 15 is 0 Å². The van der Waals surface area contributed by atoms with E-state index in [-0.39, 0.29) is 5.91 Å². The van der Waals surface area contributed by atoms with Crippen LogP contribution in [0, 0.1) is 11.8 Å². The molecule has 1 saturated carbocycles. The van der Waals surface area contributed by atoms with Gasteiger partial charge in [0.15, 0.2) is 0 Å². The minimum absolute atomic E-state index is 0.0872. The average molecular weight is 336 g/mol. The van der Waals surface area contributed by atoms with Crippen molar-refractivity contribution in [1.29, 1.82) is 0 Å². The molecule has 2 fully saturated rings. The fraction of sp³-hybridized carbons (Fsp3) is 0.611. The lowest BCUT2D eigenvalue weighted by molar-refractivity contribution is 0.0891. The van der Waals surface area contributed by atoms with Gasteiger partial charge in [0.1, 0.15) is 0 Å². The first kappa shape index (κ1) is 16.3. The van der Waals surface area contributed by atoms with E-state index in [0.29, 0.717) is 22.5 Å². The molecule has 3 rings (SSSR count). The van der Waals surface area contributed by atoms with Gasteiger partial charge in [-0.3, -0.25) is 4.79 Å². The average Bonchev–Trinajstić information content (AvgIpc) is 3.06. The number of benzene rings is 1. The van der Waals surface area contributed by atoms with E-state index in [1.54, 1.807) is 0 Å². The molecule has 22 heavy (non-hydrogen) atoms. The second-order valence-corrected chi connectivity index (χ2v) is 9.27. The highest BCUT2D eigenvalue weighted by Crippen LogP contribution is 2.45. The van der Waals surface area contributed by atoms with Crippen LogP contribution in [0.2, 0.25) is 0 Å². The van der Waals surface area contributed by atoms with Crippen molar-refractivity contribution >= 4 is 29.4 Å². The highest BCUT2D eigenvalue weighted by Gasteiger charge is 2.28. The summed E-state index contributed by atoms with van der Waals surface area (Å²) in [5.74, 6) is 3.83. The minimum atomic E-state index is 0.0872. The molecule has 3 atom stereocenters. The Balaban J connectivity index is 1.62. The van der Waals surface area contributed by atoms with Crippen molar-refractivity contribution in [1.82, 2.24) is 5.32 Å². The van der Waals surface area contributed by atoms with Gasteiger partial charge in [0.2, 0.25) is 0 Å². The zero-order valence-corrected chi connectivity index (χ0v) is 15.0. The van der Waals surface area contributed by atoms with Crippen molar-refractivity contribution in [3.05, 3.63) is 35.4 Å². The molecule has 1 aromatic rings. The van der Waals surface area contributed by atoms with Gasteiger partial charge < -0.3 is 5.32 Å². The van der Waals surface area contributed by atoms with E-state index < -0.39 is 0 Å². The molecule has 1 amide bonds. The second kappa shape index (κ2) is 7.31. The molecule has 0 bridgehead atoms. The Morgan fingerprint density at radius 2 is 1.77 bits per heavy atom. The van der Waals surface area contributed by atoms with Crippen LogP contribution in [0.1, 0.15) is 53.6 Å². The lowest BCUT2D eigenvalue weighted by Gasteiger charge is -2.34. The Hall–Kier alpha value is -0.610. The molecule has 0 aromatic heterocycles. The van der Waals surface area contributed by atoms with Crippen molar-refractivity contribution in [3.8, 4) is 0 Å². The molecule has 1 aromatic carbocycles. The van der Waals surface area contributed by atoms with Crippen LogP contribution in [0.25, 0.3) is 0 Å². The van der Waals surface area contributed by atoms with Gasteiger partial charge in [-0.1, -0.05) is 38.8 Å². The number of carbonyl (C=O) groups excluding carboxylic acids is 1. The predicted octanol–water partition coefficient (Wildman–Crippen LogP) is 4.72. The van der Waals surface area contributed by atoms with Crippen LogP contribution in [0.5, 0.6) is 0 Å². The van der Waals surface area contributed by atoms with E-state index in [1.807, 2.05) is 35.7 Å². The van der Waals surface area contributed by atoms with Crippen molar-refractivity contribution in [2.24, 2.45) is 11.8 Å². The molecule has 1 N–H and O–H groups in total. The Labute approximate surface area is 142 Å². The summed E-state index contributed by atoms with van der Waals surface area (Å²) in [5.41, 5.74) is 2.13. The molecule has 2 aliphatic rings. The molecule has 4 heteroatoms. The molecular formula is C18H25NOS2. The van der Waals surface area contributed by atoms with E-state index in [9.17, 15) is 4.79 Å². The monoisotopic (exact) mass is 335 g/mol. The zero-order chi connectivity index (χ0) is 15.5. The summed E-state index contributed by atoms with van der Waals surface area (Å²) in [6.07, 6.45) is 3.63. The zero-order valence-electron chi connectivity index (χ0n) is 13.4. The molecule has 0 radical (unpaired) electrons. The highest BCUT2D eigenvalue weighted by molar-refractivity contribution is 8.19. The fourth-order valence-corrected chi connectivity index (χ4v) is 6.24. The maximum Gasteiger partial charge on any atom is 0.251 e. The first-order chi connectivity index (χ1) is 10.6. The van der Waals surface area contributed by atoms with Gasteiger partial charge in [-0.15, -0.1) is 23.5 Å². The second-order valence-electron chi connectivity index (χ2n) is 6.54. The van der Waals surface area contributed by atoms with Gasteiger partial charge in [0.25, 0.3) is 5.91 Å². The lowest BCUT2D eigenvalue weighted by atomic mass is 9.78. The SMILES string of the molecule is C[C@@H]1[C@@H](C)CCC[C@H]1NC(=O)c1ccc(C2SCCS2)cc1. The molecule has 120 valence electrons. The normalized spacial score (nSPS) is 29.5. The Kier molecular flexibility index (Phi) is 5.40. The van der Waals surface area contributed by atoms with E-state index in [0.717, 1.165) is 12.0 Å². The third-order valence-corrected chi connectivity index (χ3v) is 8.19. The van der Waals surface area contributed by atoms with Crippen LogP contribution in [-0.2, 0) is 0 Å². The third kappa shape index (κ3) is 3.65. The van der Waals surface area contributed by atoms with Crippen molar-refractivity contribution in [2.45, 2.75) is 43.7 Å². The van der Waals surface area contributed by atoms with Gasteiger partial charge in [-0.2, -0.15) is 0 Å². The number of rotatable bonds is 3. The summed E-state index contributed by atoms with van der Waals surface area (Å²) in [7, 11) is 0. The number of hydrogen-bond donors (Lipinski definition) is 1. The van der Waals surface area contributed by atoms with Crippen molar-refractivity contribution in [2.75, 3.05) is 11.5 Å². The summed E-state index contributed by atoms with van der Waals surface area (Å²) in [5, 5.41) is 3.25. The van der Waals surface area contributed by atoms with Crippen LogP contribution in [0.15, 0.2) is 24.3 Å². The summed E-state index contributed by atoms with van der Waals surface area (Å²) in [6, 6.07) is 8.55. The van der Waals surface area contributed by atoms with E-state index in [4.69, 9.17) is 0 Å². The molecule has 1 heterocycles. The molecule has 1 aliphatic carbocycles. The van der Waals surface area contributed by atoms with Crippen LogP contribution in [0.3, 0.4) is 0 Å². The largest absolute Gasteiger partial charge is 0.349 e. The van der Waals surface area contributed by atoms with Crippen LogP contribution < -0.4 is 5.32 Å². The first-order valence-electron chi connectivity index (χ1n) is 8.29. The van der Waals surface area contributed by atoms with Crippen LogP contribution >= 0.6 is 23.5 Å². The minimum Gasteiger partial charge on any atom is -0.349 e. The predicted molar refractivity (Wildman–Crippen MR) is 97.5 cm³/mol. The van der Waals surface area contributed by atoms with Crippen molar-refractivity contribution < 1.29 is 4.79 Å². The smallest absolute Gasteiger partial charge is 0.251 e. The Morgan fingerprint density at radius 3 is 2.45 bits per heavy atom. The Morgan fingerprint density at radius 1 is 1.09 bits per heavy atom. The van der Waals surface area contributed by atoms with Gasteiger partial charge in [-0.05, 0) is 36.0 Å². The van der Waals surface area contributed by atoms with Gasteiger partial charge in [0, 0.05) is 23.1 Å². The molecule has 0 spiro atoms. The number of hydrogen-bond acceptors (Lipinski definition) is 3. The number of amides is 1. The van der Waals surface area contributed by atoms with Crippen molar-refractivity contribution in [3.63, 3.8) is 0 Å². The quantitative estimate of drug-likeness (QED) is 0.866. The topological polar surface area (TPSA) is 29.1 Å². The van der Waals surface area contributed by atoms with Crippen LogP contribution in [-0.4, -0.2) is 23.5 Å². The maximum atomic E-state index is 12.5. The molecule has 1 aliphatic heterocycles. The summed E-state index contributed by atoms with van der Waals surface area (Å²) < 4.78 is 0.552. The van der Waals surface area contributed by atoms with E-state index in [2.05, 4.69) is 31.3 Å². The standard InChI is InChI=1S/C18H25NOS2/c1-12-4-3-5-16(13(12)2)19-17(20)14-6-8-15(9-7-14)18-21-10-11-22-18/h6-9,12-13,16,18H,3-5,10-11H2,1-2H3,(H,19,20)/t12-,13+,16+/m0/s1. The molecule has 1 saturated heterocycles. The molecular weight excluding hydrogens is 310 g/mol. The fourth-order valence-electron chi connectivity index (χ4n) is 3.38.